The molecule has 2 N–H and O–H groups in total. The van der Waals surface area contributed by atoms with Crippen molar-refractivity contribution >= 4 is 29.0 Å². The number of rotatable bonds is 9. The molecule has 1 aromatic carbocycles. The Bertz CT molecular complexity index is 909. The molecule has 1 aliphatic heterocycles. The molecule has 0 radical (unpaired) electrons. The highest BCUT2D eigenvalue weighted by Crippen LogP contribution is 2.29. The smallest absolute Gasteiger partial charge is 0.284 e. The second-order valence-corrected chi connectivity index (χ2v) is 8.99. The molecule has 1 aliphatic carbocycles. The summed E-state index contributed by atoms with van der Waals surface area (Å²) >= 11 is 0.887. The molecule has 2 aliphatic rings. The van der Waals surface area contributed by atoms with E-state index in [2.05, 4.69) is 15.1 Å². The van der Waals surface area contributed by atoms with E-state index in [1.165, 1.54) is 12.1 Å². The second-order valence-electron chi connectivity index (χ2n) is 7.95. The minimum Gasteiger partial charge on any atom is -0.496 e. The molecule has 1 heterocycles. The van der Waals surface area contributed by atoms with Crippen molar-refractivity contribution in [2.75, 3.05) is 51.0 Å². The number of benzene rings is 1. The minimum atomic E-state index is -0.277. The molecular weight excluding hydrogens is 445 g/mol. The Kier molecular flexibility index (Phi) is 9.53. The molecule has 3 rings (SSSR count). The molecule has 1 unspecified atom stereocenters. The molecule has 1 saturated heterocycles. The first kappa shape index (κ1) is 25.0. The summed E-state index contributed by atoms with van der Waals surface area (Å²) in [7, 11) is 0. The largest absolute Gasteiger partial charge is 0.496 e. The number of aldehydes is 1. The maximum atomic E-state index is 13.1. The van der Waals surface area contributed by atoms with E-state index in [1.807, 2.05) is 19.1 Å². The van der Waals surface area contributed by atoms with E-state index in [0.29, 0.717) is 24.3 Å². The van der Waals surface area contributed by atoms with Crippen molar-refractivity contribution in [3.05, 3.63) is 64.5 Å². The van der Waals surface area contributed by atoms with Crippen LogP contribution in [0.25, 0.3) is 0 Å². The maximum absolute atomic E-state index is 13.1. The number of carbonyl (C=O) groups is 2. The van der Waals surface area contributed by atoms with E-state index >= 15 is 0 Å². The number of amides is 1. The Morgan fingerprint density at radius 3 is 2.61 bits per heavy atom. The Morgan fingerprint density at radius 1 is 1.24 bits per heavy atom. The van der Waals surface area contributed by atoms with E-state index in [4.69, 9.17) is 9.84 Å². The van der Waals surface area contributed by atoms with Gasteiger partial charge in [0.05, 0.1) is 23.9 Å². The third kappa shape index (κ3) is 7.73. The van der Waals surface area contributed by atoms with Crippen LogP contribution in [0.3, 0.4) is 0 Å². The molecule has 0 bridgehead atoms. The molecule has 1 fully saturated rings. The van der Waals surface area contributed by atoms with Crippen LogP contribution in [0.2, 0.25) is 0 Å². The number of hydrogen-bond acceptors (Lipinski definition) is 7. The number of hydrogen-bond donors (Lipinski definition) is 2. The highest BCUT2D eigenvalue weighted by atomic mass is 32.2. The molecule has 1 atom stereocenters. The van der Waals surface area contributed by atoms with Crippen LogP contribution in [0.15, 0.2) is 58.7 Å². The quantitative estimate of drug-likeness (QED) is 0.419. The zero-order valence-corrected chi connectivity index (χ0v) is 19.5. The van der Waals surface area contributed by atoms with Crippen LogP contribution in [-0.4, -0.2) is 67.6 Å². The molecule has 1 aromatic rings. The van der Waals surface area contributed by atoms with Crippen molar-refractivity contribution in [1.82, 2.24) is 10.2 Å². The monoisotopic (exact) mass is 475 g/mol. The van der Waals surface area contributed by atoms with Crippen molar-refractivity contribution in [3.63, 3.8) is 0 Å². The first-order valence-corrected chi connectivity index (χ1v) is 11.8. The summed E-state index contributed by atoms with van der Waals surface area (Å²) in [5.74, 6) is 0.690. The number of anilines is 1. The lowest BCUT2D eigenvalue weighted by Crippen LogP contribution is -2.49. The summed E-state index contributed by atoms with van der Waals surface area (Å²) in [4.78, 5) is 28.6. The van der Waals surface area contributed by atoms with E-state index in [1.54, 1.807) is 18.2 Å². The lowest BCUT2D eigenvalue weighted by Gasteiger charge is -2.36. The standard InChI is InChI=1S/C24H30FN3O4S/c1-18-14-22(32-13-12-29)7-2-19(18)15-23(16-30)33-24(31)26-17-27-8-10-28(11-9-27)21-5-3-20(25)4-6-21/h2-7,15-16,18,29H,8-14,17H2,1H3,(H,26,31)/b23-15+. The summed E-state index contributed by atoms with van der Waals surface area (Å²) in [6.07, 6.45) is 6.82. The van der Waals surface area contributed by atoms with Gasteiger partial charge in [-0.2, -0.15) is 0 Å². The van der Waals surface area contributed by atoms with Crippen molar-refractivity contribution in [2.24, 2.45) is 5.92 Å². The van der Waals surface area contributed by atoms with Gasteiger partial charge in [-0.1, -0.05) is 13.0 Å². The zero-order valence-electron chi connectivity index (χ0n) is 18.7. The topological polar surface area (TPSA) is 82.1 Å². The third-order valence-corrected chi connectivity index (χ3v) is 6.34. The number of nitrogens with one attached hydrogen (secondary N) is 1. The van der Waals surface area contributed by atoms with Gasteiger partial charge in [0.1, 0.15) is 12.4 Å². The van der Waals surface area contributed by atoms with Gasteiger partial charge in [0, 0.05) is 38.3 Å². The number of aliphatic hydroxyl groups excluding tert-OH is 1. The van der Waals surface area contributed by atoms with E-state index in [-0.39, 0.29) is 30.2 Å². The first-order chi connectivity index (χ1) is 16.0. The maximum Gasteiger partial charge on any atom is 0.284 e. The van der Waals surface area contributed by atoms with Gasteiger partial charge in [0.2, 0.25) is 0 Å². The third-order valence-electron chi connectivity index (χ3n) is 5.56. The molecule has 0 aromatic heterocycles. The minimum absolute atomic E-state index is 0.0346. The normalized spacial score (nSPS) is 19.5. The van der Waals surface area contributed by atoms with Crippen molar-refractivity contribution in [3.8, 4) is 0 Å². The van der Waals surface area contributed by atoms with Crippen molar-refractivity contribution in [2.45, 2.75) is 13.3 Å². The number of thioether (sulfide) groups is 1. The summed E-state index contributed by atoms with van der Waals surface area (Å²) < 4.78 is 18.6. The molecule has 0 saturated carbocycles. The van der Waals surface area contributed by atoms with Gasteiger partial charge >= 0.3 is 0 Å². The van der Waals surface area contributed by atoms with Gasteiger partial charge in [-0.3, -0.25) is 14.5 Å². The summed E-state index contributed by atoms with van der Waals surface area (Å²) in [5, 5.41) is 11.5. The molecule has 178 valence electrons. The molecule has 1 amide bonds. The Labute approximate surface area is 198 Å². The van der Waals surface area contributed by atoms with Gasteiger partial charge in [-0.25, -0.2) is 4.39 Å². The van der Waals surface area contributed by atoms with Crippen LogP contribution in [0, 0.1) is 11.7 Å². The number of aliphatic hydroxyl groups is 1. The molecular formula is C24H30FN3O4S. The van der Waals surface area contributed by atoms with E-state index < -0.39 is 0 Å². The number of allylic oxidation sites excluding steroid dienone is 6. The number of piperazine rings is 1. The van der Waals surface area contributed by atoms with Gasteiger partial charge < -0.3 is 20.1 Å². The van der Waals surface area contributed by atoms with E-state index in [0.717, 1.165) is 55.0 Å². The van der Waals surface area contributed by atoms with Crippen LogP contribution >= 0.6 is 11.8 Å². The number of carbonyl (C=O) groups excluding carboxylic acids is 2. The van der Waals surface area contributed by atoms with Gasteiger partial charge in [0.25, 0.3) is 5.24 Å². The number of ether oxygens (including phenoxy) is 1. The summed E-state index contributed by atoms with van der Waals surface area (Å²) in [6.45, 7) is 5.78. The van der Waals surface area contributed by atoms with Crippen LogP contribution in [-0.2, 0) is 9.53 Å². The predicted molar refractivity (Wildman–Crippen MR) is 128 cm³/mol. The van der Waals surface area contributed by atoms with Gasteiger partial charge in [0.15, 0.2) is 6.29 Å². The van der Waals surface area contributed by atoms with Gasteiger partial charge in [-0.05, 0) is 59.7 Å². The Balaban J connectivity index is 1.45. The summed E-state index contributed by atoms with van der Waals surface area (Å²) in [6, 6.07) is 6.47. The first-order valence-electron chi connectivity index (χ1n) is 11.0. The molecule has 9 heteroatoms. The fraction of sp³-hybridized carbons (Fsp3) is 0.417. The lowest BCUT2D eigenvalue weighted by molar-refractivity contribution is -0.104. The average molecular weight is 476 g/mol. The highest BCUT2D eigenvalue weighted by Gasteiger charge is 2.19. The van der Waals surface area contributed by atoms with Gasteiger partial charge in [-0.15, -0.1) is 0 Å². The fourth-order valence-corrected chi connectivity index (χ4v) is 4.30. The fourth-order valence-electron chi connectivity index (χ4n) is 3.70. The molecule has 7 nitrogen and oxygen atoms in total. The average Bonchev–Trinajstić information content (AvgIpc) is 2.83. The Morgan fingerprint density at radius 2 is 1.97 bits per heavy atom. The number of halogens is 1. The highest BCUT2D eigenvalue weighted by molar-refractivity contribution is 8.17. The lowest BCUT2D eigenvalue weighted by atomic mass is 9.92. The van der Waals surface area contributed by atoms with Crippen LogP contribution < -0.4 is 10.2 Å². The number of nitrogens with zero attached hydrogens (tertiary/aromatic N) is 2. The zero-order chi connectivity index (χ0) is 23.6. The van der Waals surface area contributed by atoms with Crippen molar-refractivity contribution in [1.29, 1.82) is 0 Å². The Hall–Kier alpha value is -2.62. The SMILES string of the molecule is CC1CC(OCCO)=CC=C1/C=C(\C=O)SC(=O)NCN1CCN(c2ccc(F)cc2)CC1. The van der Waals surface area contributed by atoms with Crippen LogP contribution in [0.5, 0.6) is 0 Å². The molecule has 33 heavy (non-hydrogen) atoms. The predicted octanol–water partition coefficient (Wildman–Crippen LogP) is 3.29. The molecule has 0 spiro atoms. The van der Waals surface area contributed by atoms with Crippen molar-refractivity contribution < 1.29 is 23.8 Å². The van der Waals surface area contributed by atoms with Crippen LogP contribution in [0.4, 0.5) is 14.9 Å². The summed E-state index contributed by atoms with van der Waals surface area (Å²) in [5.41, 5.74) is 1.94. The second kappa shape index (κ2) is 12.6. The van der Waals surface area contributed by atoms with E-state index in [9.17, 15) is 14.0 Å². The van der Waals surface area contributed by atoms with Crippen LogP contribution in [0.1, 0.15) is 13.3 Å².